The summed E-state index contributed by atoms with van der Waals surface area (Å²) < 4.78 is 27.1. The second kappa shape index (κ2) is 8.79. The van der Waals surface area contributed by atoms with Crippen LogP contribution in [0.1, 0.15) is 37.6 Å². The van der Waals surface area contributed by atoms with Crippen LogP contribution in [0.2, 0.25) is 0 Å². The standard InChI is InChI=1S/C19H26N2O3S2/c1-19(2,3)15-6-8-17(9-7-15)26(23,24)21-13-11-18(22)20-12-10-16-5-4-14-25-16/h4-9,14,21H,10-13H2,1-3H3,(H,20,22). The van der Waals surface area contributed by atoms with Gasteiger partial charge in [-0.2, -0.15) is 0 Å². The number of sulfonamides is 1. The third-order valence-electron chi connectivity index (χ3n) is 3.95. The van der Waals surface area contributed by atoms with Crippen molar-refractivity contribution in [3.63, 3.8) is 0 Å². The van der Waals surface area contributed by atoms with Crippen molar-refractivity contribution in [1.82, 2.24) is 10.0 Å². The Labute approximate surface area is 159 Å². The molecule has 0 fully saturated rings. The third-order valence-corrected chi connectivity index (χ3v) is 6.36. The van der Waals surface area contributed by atoms with E-state index in [1.54, 1.807) is 23.5 Å². The van der Waals surface area contributed by atoms with Crippen LogP contribution in [-0.2, 0) is 26.7 Å². The predicted molar refractivity (Wildman–Crippen MR) is 106 cm³/mol. The van der Waals surface area contributed by atoms with Gasteiger partial charge < -0.3 is 5.32 Å². The van der Waals surface area contributed by atoms with Gasteiger partial charge in [0, 0.05) is 24.4 Å². The number of hydrogen-bond donors (Lipinski definition) is 2. The van der Waals surface area contributed by atoms with E-state index in [0.29, 0.717) is 6.54 Å². The molecule has 0 saturated heterocycles. The zero-order chi connectivity index (χ0) is 19.2. The van der Waals surface area contributed by atoms with Gasteiger partial charge in [0.1, 0.15) is 0 Å². The highest BCUT2D eigenvalue weighted by molar-refractivity contribution is 7.89. The lowest BCUT2D eigenvalue weighted by Gasteiger charge is -2.19. The van der Waals surface area contributed by atoms with Gasteiger partial charge in [0.05, 0.1) is 4.90 Å². The van der Waals surface area contributed by atoms with Crippen molar-refractivity contribution in [3.05, 3.63) is 52.2 Å². The fraction of sp³-hybridized carbons (Fsp3) is 0.421. The van der Waals surface area contributed by atoms with E-state index in [1.807, 2.05) is 29.6 Å². The van der Waals surface area contributed by atoms with Crippen LogP contribution in [-0.4, -0.2) is 27.4 Å². The number of rotatable bonds is 8. The van der Waals surface area contributed by atoms with Crippen LogP contribution in [0.15, 0.2) is 46.7 Å². The average Bonchev–Trinajstić information content (AvgIpc) is 3.07. The smallest absolute Gasteiger partial charge is 0.240 e. The highest BCUT2D eigenvalue weighted by atomic mass is 32.2. The summed E-state index contributed by atoms with van der Waals surface area (Å²) in [6.45, 7) is 6.86. The summed E-state index contributed by atoms with van der Waals surface area (Å²) in [6.07, 6.45) is 0.902. The summed E-state index contributed by atoms with van der Waals surface area (Å²) in [5.41, 5.74) is 1.04. The van der Waals surface area contributed by atoms with E-state index < -0.39 is 10.0 Å². The summed E-state index contributed by atoms with van der Waals surface area (Å²) in [6, 6.07) is 10.9. The van der Waals surface area contributed by atoms with E-state index in [-0.39, 0.29) is 29.2 Å². The quantitative estimate of drug-likeness (QED) is 0.722. The number of nitrogens with one attached hydrogen (secondary N) is 2. The van der Waals surface area contributed by atoms with Crippen molar-refractivity contribution in [2.24, 2.45) is 0 Å². The molecule has 2 N–H and O–H groups in total. The molecule has 2 rings (SSSR count). The maximum absolute atomic E-state index is 12.3. The lowest BCUT2D eigenvalue weighted by molar-refractivity contribution is -0.120. The number of amides is 1. The first-order chi connectivity index (χ1) is 12.2. The van der Waals surface area contributed by atoms with Crippen molar-refractivity contribution in [3.8, 4) is 0 Å². The Bertz CT molecular complexity index is 805. The van der Waals surface area contributed by atoms with E-state index in [9.17, 15) is 13.2 Å². The van der Waals surface area contributed by atoms with E-state index in [0.717, 1.165) is 12.0 Å². The van der Waals surface area contributed by atoms with Crippen LogP contribution in [0.25, 0.3) is 0 Å². The minimum Gasteiger partial charge on any atom is -0.356 e. The minimum absolute atomic E-state index is 0.0308. The maximum atomic E-state index is 12.3. The van der Waals surface area contributed by atoms with Crippen LogP contribution in [0.3, 0.4) is 0 Å². The molecule has 0 bridgehead atoms. The molecule has 2 aromatic rings. The number of hydrogen-bond acceptors (Lipinski definition) is 4. The van der Waals surface area contributed by atoms with E-state index in [4.69, 9.17) is 0 Å². The third kappa shape index (κ3) is 6.23. The monoisotopic (exact) mass is 394 g/mol. The lowest BCUT2D eigenvalue weighted by atomic mass is 9.87. The van der Waals surface area contributed by atoms with Gasteiger partial charge in [-0.3, -0.25) is 4.79 Å². The predicted octanol–water partition coefficient (Wildman–Crippen LogP) is 3.07. The normalized spacial score (nSPS) is 12.1. The molecule has 0 unspecified atom stereocenters. The average molecular weight is 395 g/mol. The highest BCUT2D eigenvalue weighted by Crippen LogP contribution is 2.23. The molecule has 7 heteroatoms. The van der Waals surface area contributed by atoms with Crippen LogP contribution in [0.4, 0.5) is 0 Å². The van der Waals surface area contributed by atoms with Gasteiger partial charge in [0.25, 0.3) is 0 Å². The van der Waals surface area contributed by atoms with Gasteiger partial charge in [0.15, 0.2) is 0 Å². The Morgan fingerprint density at radius 1 is 1.08 bits per heavy atom. The summed E-state index contributed by atoms with van der Waals surface area (Å²) in [7, 11) is -3.60. The van der Waals surface area contributed by atoms with E-state index in [1.165, 1.54) is 4.88 Å². The number of carbonyl (C=O) groups is 1. The van der Waals surface area contributed by atoms with Crippen LogP contribution in [0.5, 0.6) is 0 Å². The zero-order valence-corrected chi connectivity index (χ0v) is 17.0. The first-order valence-corrected chi connectivity index (χ1v) is 10.9. The molecule has 5 nitrogen and oxygen atoms in total. The molecule has 0 aliphatic rings. The van der Waals surface area contributed by atoms with Crippen molar-refractivity contribution >= 4 is 27.3 Å². The topological polar surface area (TPSA) is 75.3 Å². The molecule has 1 amide bonds. The Hall–Kier alpha value is -1.70. The molecular weight excluding hydrogens is 368 g/mol. The molecule has 0 aliphatic heterocycles. The first kappa shape index (κ1) is 20.6. The molecule has 1 aromatic heterocycles. The van der Waals surface area contributed by atoms with Gasteiger partial charge >= 0.3 is 0 Å². The van der Waals surface area contributed by atoms with Crippen molar-refractivity contribution in [2.45, 2.75) is 43.9 Å². The zero-order valence-electron chi connectivity index (χ0n) is 15.4. The first-order valence-electron chi connectivity index (χ1n) is 8.58. The SMILES string of the molecule is CC(C)(C)c1ccc(S(=O)(=O)NCCC(=O)NCCc2cccs2)cc1. The Morgan fingerprint density at radius 3 is 2.35 bits per heavy atom. The van der Waals surface area contributed by atoms with E-state index >= 15 is 0 Å². The van der Waals surface area contributed by atoms with Crippen molar-refractivity contribution < 1.29 is 13.2 Å². The summed E-state index contributed by atoms with van der Waals surface area (Å²) in [5.74, 6) is -0.160. The molecule has 0 saturated carbocycles. The van der Waals surface area contributed by atoms with Crippen molar-refractivity contribution in [2.75, 3.05) is 13.1 Å². The lowest BCUT2D eigenvalue weighted by Crippen LogP contribution is -2.31. The Balaban J connectivity index is 1.77. The number of thiophene rings is 1. The minimum atomic E-state index is -3.60. The van der Waals surface area contributed by atoms with Crippen molar-refractivity contribution in [1.29, 1.82) is 0 Å². The molecule has 142 valence electrons. The fourth-order valence-electron chi connectivity index (χ4n) is 2.38. The largest absolute Gasteiger partial charge is 0.356 e. The summed E-state index contributed by atoms with van der Waals surface area (Å²) in [4.78, 5) is 13.2. The molecule has 0 aliphatic carbocycles. The van der Waals surface area contributed by atoms with Gasteiger partial charge in [-0.05, 0) is 41.0 Å². The molecule has 0 radical (unpaired) electrons. The molecule has 0 atom stereocenters. The summed E-state index contributed by atoms with van der Waals surface area (Å²) >= 11 is 1.65. The van der Waals surface area contributed by atoms with Gasteiger partial charge in [0.2, 0.25) is 15.9 Å². The Kier molecular flexibility index (Phi) is 6.97. The van der Waals surface area contributed by atoms with Crippen LogP contribution >= 0.6 is 11.3 Å². The fourth-order valence-corrected chi connectivity index (χ4v) is 4.13. The molecule has 26 heavy (non-hydrogen) atoms. The molecule has 1 aromatic carbocycles. The summed E-state index contributed by atoms with van der Waals surface area (Å²) in [5, 5.41) is 4.80. The van der Waals surface area contributed by atoms with Gasteiger partial charge in [-0.1, -0.05) is 39.0 Å². The highest BCUT2D eigenvalue weighted by Gasteiger charge is 2.17. The molecule has 0 spiro atoms. The Morgan fingerprint density at radius 2 is 1.77 bits per heavy atom. The second-order valence-corrected chi connectivity index (χ2v) is 9.90. The second-order valence-electron chi connectivity index (χ2n) is 7.10. The number of benzene rings is 1. The molecule has 1 heterocycles. The van der Waals surface area contributed by atoms with Crippen LogP contribution in [0, 0.1) is 0 Å². The molecular formula is C19H26N2O3S2. The maximum Gasteiger partial charge on any atom is 0.240 e. The number of carbonyl (C=O) groups excluding carboxylic acids is 1. The van der Waals surface area contributed by atoms with E-state index in [2.05, 4.69) is 30.8 Å². The van der Waals surface area contributed by atoms with Gasteiger partial charge in [-0.15, -0.1) is 11.3 Å². The van der Waals surface area contributed by atoms with Gasteiger partial charge in [-0.25, -0.2) is 13.1 Å². The van der Waals surface area contributed by atoms with Crippen LogP contribution < -0.4 is 10.0 Å².